The normalized spacial score (nSPS) is 18.2. The van der Waals surface area contributed by atoms with Crippen LogP contribution < -0.4 is 10.6 Å². The first-order valence-corrected chi connectivity index (χ1v) is 8.54. The van der Waals surface area contributed by atoms with E-state index in [0.29, 0.717) is 19.3 Å². The molecule has 1 atom stereocenters. The van der Waals surface area contributed by atoms with Gasteiger partial charge in [0, 0.05) is 38.4 Å². The molecule has 0 amide bonds. The van der Waals surface area contributed by atoms with E-state index in [1.54, 1.807) is 7.05 Å². The third-order valence-electron chi connectivity index (χ3n) is 3.71. The van der Waals surface area contributed by atoms with Gasteiger partial charge in [-0.1, -0.05) is 29.8 Å². The van der Waals surface area contributed by atoms with E-state index < -0.39 is 0 Å². The van der Waals surface area contributed by atoms with Crippen LogP contribution in [0.5, 0.6) is 0 Å². The average molecular weight is 340 g/mol. The summed E-state index contributed by atoms with van der Waals surface area (Å²) < 4.78 is 11.2. The zero-order valence-electron chi connectivity index (χ0n) is 13.7. The Kier molecular flexibility index (Phi) is 8.21. The van der Waals surface area contributed by atoms with E-state index in [2.05, 4.69) is 15.6 Å². The van der Waals surface area contributed by atoms with Crippen LogP contribution in [0.25, 0.3) is 0 Å². The predicted octanol–water partition coefficient (Wildman–Crippen LogP) is 2.59. The number of hydrogen-bond donors (Lipinski definition) is 2. The quantitative estimate of drug-likeness (QED) is 0.434. The van der Waals surface area contributed by atoms with E-state index in [0.717, 1.165) is 55.6 Å². The minimum Gasteiger partial charge on any atom is -0.379 e. The van der Waals surface area contributed by atoms with Gasteiger partial charge in [-0.25, -0.2) is 0 Å². The summed E-state index contributed by atoms with van der Waals surface area (Å²) in [7, 11) is 1.76. The number of ether oxygens (including phenoxy) is 2. The maximum absolute atomic E-state index is 6.14. The van der Waals surface area contributed by atoms with Crippen molar-refractivity contribution >= 4 is 17.6 Å². The molecule has 2 rings (SSSR count). The molecule has 1 fully saturated rings. The van der Waals surface area contributed by atoms with Crippen molar-refractivity contribution in [1.29, 1.82) is 0 Å². The zero-order valence-corrected chi connectivity index (χ0v) is 14.4. The Morgan fingerprint density at radius 1 is 1.39 bits per heavy atom. The number of benzene rings is 1. The lowest BCUT2D eigenvalue weighted by Gasteiger charge is -2.13. The molecule has 1 aromatic carbocycles. The summed E-state index contributed by atoms with van der Waals surface area (Å²) in [6, 6.07) is 7.79. The number of hydrogen-bond acceptors (Lipinski definition) is 3. The van der Waals surface area contributed by atoms with E-state index in [4.69, 9.17) is 21.1 Å². The number of nitrogens with one attached hydrogen (secondary N) is 2. The van der Waals surface area contributed by atoms with Gasteiger partial charge >= 0.3 is 0 Å². The molecule has 0 aromatic heterocycles. The second kappa shape index (κ2) is 10.5. The SMILES string of the molecule is CN=C(NCCCOCC1CCCO1)NCc1ccccc1Cl. The number of halogens is 1. The van der Waals surface area contributed by atoms with Crippen LogP contribution in [0.15, 0.2) is 29.3 Å². The topological polar surface area (TPSA) is 54.9 Å². The molecule has 0 bridgehead atoms. The van der Waals surface area contributed by atoms with Crippen molar-refractivity contribution in [3.8, 4) is 0 Å². The Bertz CT molecular complexity index is 490. The Labute approximate surface area is 143 Å². The lowest BCUT2D eigenvalue weighted by molar-refractivity contribution is 0.0168. The first kappa shape index (κ1) is 18.0. The summed E-state index contributed by atoms with van der Waals surface area (Å²) in [5.74, 6) is 0.768. The van der Waals surface area contributed by atoms with E-state index in [1.807, 2.05) is 24.3 Å². The molecule has 1 saturated heterocycles. The van der Waals surface area contributed by atoms with Gasteiger partial charge in [-0.15, -0.1) is 0 Å². The fourth-order valence-electron chi connectivity index (χ4n) is 2.41. The van der Waals surface area contributed by atoms with Crippen molar-refractivity contribution in [2.45, 2.75) is 31.9 Å². The molecule has 1 aliphatic heterocycles. The zero-order chi connectivity index (χ0) is 16.3. The summed E-state index contributed by atoms with van der Waals surface area (Å²) in [4.78, 5) is 4.20. The molecule has 1 aromatic rings. The molecule has 23 heavy (non-hydrogen) atoms. The van der Waals surface area contributed by atoms with Crippen LogP contribution in [0.2, 0.25) is 5.02 Å². The van der Waals surface area contributed by atoms with Crippen molar-refractivity contribution in [1.82, 2.24) is 10.6 Å². The van der Waals surface area contributed by atoms with Gasteiger partial charge in [0.05, 0.1) is 12.7 Å². The smallest absolute Gasteiger partial charge is 0.191 e. The van der Waals surface area contributed by atoms with Crippen molar-refractivity contribution in [3.05, 3.63) is 34.9 Å². The molecule has 0 spiro atoms. The first-order chi connectivity index (χ1) is 11.3. The lowest BCUT2D eigenvalue weighted by Crippen LogP contribution is -2.37. The molecule has 1 unspecified atom stereocenters. The van der Waals surface area contributed by atoms with Crippen LogP contribution in [0.4, 0.5) is 0 Å². The van der Waals surface area contributed by atoms with E-state index in [-0.39, 0.29) is 0 Å². The highest BCUT2D eigenvalue weighted by atomic mass is 35.5. The van der Waals surface area contributed by atoms with Crippen molar-refractivity contribution in [3.63, 3.8) is 0 Å². The summed E-state index contributed by atoms with van der Waals surface area (Å²) in [5.41, 5.74) is 1.05. The highest BCUT2D eigenvalue weighted by molar-refractivity contribution is 6.31. The minimum atomic E-state index is 0.299. The number of nitrogens with zero attached hydrogens (tertiary/aromatic N) is 1. The van der Waals surface area contributed by atoms with Gasteiger partial charge < -0.3 is 20.1 Å². The van der Waals surface area contributed by atoms with Gasteiger partial charge in [-0.05, 0) is 30.9 Å². The molecule has 1 aliphatic rings. The number of aliphatic imine (C=N–C) groups is 1. The average Bonchev–Trinajstić information content (AvgIpc) is 3.08. The molecule has 5 nitrogen and oxygen atoms in total. The van der Waals surface area contributed by atoms with E-state index >= 15 is 0 Å². The van der Waals surface area contributed by atoms with Crippen LogP contribution in [-0.2, 0) is 16.0 Å². The Morgan fingerprint density at radius 2 is 2.26 bits per heavy atom. The van der Waals surface area contributed by atoms with Crippen LogP contribution in [0, 0.1) is 0 Å². The third kappa shape index (κ3) is 6.77. The largest absolute Gasteiger partial charge is 0.379 e. The van der Waals surface area contributed by atoms with Crippen LogP contribution in [-0.4, -0.2) is 45.5 Å². The van der Waals surface area contributed by atoms with E-state index in [1.165, 1.54) is 0 Å². The van der Waals surface area contributed by atoms with E-state index in [9.17, 15) is 0 Å². The van der Waals surface area contributed by atoms with Crippen molar-refractivity contribution in [2.24, 2.45) is 4.99 Å². The lowest BCUT2D eigenvalue weighted by atomic mass is 10.2. The predicted molar refractivity (Wildman–Crippen MR) is 94.1 cm³/mol. The molecular formula is C17H26ClN3O2. The molecule has 128 valence electrons. The number of guanidine groups is 1. The molecule has 0 radical (unpaired) electrons. The van der Waals surface area contributed by atoms with Gasteiger partial charge in [-0.3, -0.25) is 4.99 Å². The fourth-order valence-corrected chi connectivity index (χ4v) is 2.62. The number of rotatable bonds is 8. The third-order valence-corrected chi connectivity index (χ3v) is 4.08. The second-order valence-electron chi connectivity index (χ2n) is 5.51. The molecular weight excluding hydrogens is 314 g/mol. The Balaban J connectivity index is 1.55. The van der Waals surface area contributed by atoms with Gasteiger partial charge in [-0.2, -0.15) is 0 Å². The van der Waals surface area contributed by atoms with Crippen molar-refractivity contribution in [2.75, 3.05) is 33.4 Å². The van der Waals surface area contributed by atoms with Crippen LogP contribution >= 0.6 is 11.6 Å². The van der Waals surface area contributed by atoms with Gasteiger partial charge in [0.15, 0.2) is 5.96 Å². The molecule has 0 aliphatic carbocycles. The maximum Gasteiger partial charge on any atom is 0.191 e. The summed E-state index contributed by atoms with van der Waals surface area (Å²) in [5, 5.41) is 7.29. The van der Waals surface area contributed by atoms with Gasteiger partial charge in [0.25, 0.3) is 0 Å². The second-order valence-corrected chi connectivity index (χ2v) is 5.91. The molecule has 6 heteroatoms. The summed E-state index contributed by atoms with van der Waals surface area (Å²) in [6.45, 7) is 3.78. The molecule has 0 saturated carbocycles. The Hall–Kier alpha value is -1.30. The van der Waals surface area contributed by atoms with Crippen LogP contribution in [0.3, 0.4) is 0 Å². The summed E-state index contributed by atoms with van der Waals surface area (Å²) >= 11 is 6.14. The van der Waals surface area contributed by atoms with Crippen molar-refractivity contribution < 1.29 is 9.47 Å². The fraction of sp³-hybridized carbons (Fsp3) is 0.588. The summed E-state index contributed by atoms with van der Waals surface area (Å²) in [6.07, 6.45) is 3.51. The Morgan fingerprint density at radius 3 is 3.00 bits per heavy atom. The molecule has 1 heterocycles. The van der Waals surface area contributed by atoms with Crippen LogP contribution in [0.1, 0.15) is 24.8 Å². The first-order valence-electron chi connectivity index (χ1n) is 8.17. The van der Waals surface area contributed by atoms with Gasteiger partial charge in [0.2, 0.25) is 0 Å². The molecule has 2 N–H and O–H groups in total. The maximum atomic E-state index is 6.14. The monoisotopic (exact) mass is 339 g/mol. The highest BCUT2D eigenvalue weighted by Gasteiger charge is 2.14. The minimum absolute atomic E-state index is 0.299. The highest BCUT2D eigenvalue weighted by Crippen LogP contribution is 2.14. The van der Waals surface area contributed by atoms with Gasteiger partial charge in [0.1, 0.15) is 0 Å². The standard InChI is InChI=1S/C17H26ClN3O2/c1-19-17(21-12-14-6-2-3-8-16(14)18)20-9-5-10-22-13-15-7-4-11-23-15/h2-3,6,8,15H,4-5,7,9-13H2,1H3,(H2,19,20,21).